The first kappa shape index (κ1) is 9.43. The van der Waals surface area contributed by atoms with Gasteiger partial charge in [-0.05, 0) is 30.1 Å². The smallest absolute Gasteiger partial charge is 0.0893 e. The highest BCUT2D eigenvalue weighted by Crippen LogP contribution is 2.17. The van der Waals surface area contributed by atoms with Gasteiger partial charge in [0.1, 0.15) is 0 Å². The summed E-state index contributed by atoms with van der Waals surface area (Å²) >= 11 is 3.46. The van der Waals surface area contributed by atoms with Gasteiger partial charge in [-0.1, -0.05) is 4.49 Å². The van der Waals surface area contributed by atoms with Crippen LogP contribution in [-0.2, 0) is 6.54 Å². The SMILES string of the molecule is c1snnc1CNC1CCCSC1. The lowest BCUT2D eigenvalue weighted by molar-refractivity contribution is 0.503. The van der Waals surface area contributed by atoms with E-state index in [1.807, 2.05) is 17.1 Å². The van der Waals surface area contributed by atoms with E-state index in [2.05, 4.69) is 14.9 Å². The zero-order valence-corrected chi connectivity index (χ0v) is 9.03. The minimum absolute atomic E-state index is 0.681. The zero-order valence-electron chi connectivity index (χ0n) is 7.40. The molecule has 0 radical (unpaired) electrons. The van der Waals surface area contributed by atoms with Gasteiger partial charge in [0.2, 0.25) is 0 Å². The molecule has 1 aliphatic rings. The van der Waals surface area contributed by atoms with Gasteiger partial charge >= 0.3 is 0 Å². The molecule has 0 bridgehead atoms. The zero-order chi connectivity index (χ0) is 8.93. The normalized spacial score (nSPS) is 23.2. The van der Waals surface area contributed by atoms with E-state index in [1.54, 1.807) is 0 Å². The summed E-state index contributed by atoms with van der Waals surface area (Å²) < 4.78 is 3.83. The monoisotopic (exact) mass is 215 g/mol. The van der Waals surface area contributed by atoms with Crippen LogP contribution in [0.25, 0.3) is 0 Å². The van der Waals surface area contributed by atoms with Gasteiger partial charge in [-0.3, -0.25) is 0 Å². The van der Waals surface area contributed by atoms with Crippen LogP contribution >= 0.6 is 23.3 Å². The largest absolute Gasteiger partial charge is 0.307 e. The Labute approximate surface area is 86.5 Å². The number of aromatic nitrogens is 2. The molecule has 1 aliphatic heterocycles. The summed E-state index contributed by atoms with van der Waals surface area (Å²) in [7, 11) is 0. The first-order valence-corrected chi connectivity index (χ1v) is 6.51. The molecule has 1 aromatic heterocycles. The van der Waals surface area contributed by atoms with Crippen LogP contribution in [0.2, 0.25) is 0 Å². The van der Waals surface area contributed by atoms with E-state index >= 15 is 0 Å². The average Bonchev–Trinajstić information content (AvgIpc) is 2.69. The highest BCUT2D eigenvalue weighted by atomic mass is 32.2. The Kier molecular flexibility index (Phi) is 3.57. The molecule has 1 unspecified atom stereocenters. The van der Waals surface area contributed by atoms with Crippen molar-refractivity contribution in [2.75, 3.05) is 11.5 Å². The van der Waals surface area contributed by atoms with Crippen molar-refractivity contribution in [3.8, 4) is 0 Å². The summed E-state index contributed by atoms with van der Waals surface area (Å²) in [6.45, 7) is 0.877. The number of rotatable bonds is 3. The first-order chi connectivity index (χ1) is 6.45. The summed E-state index contributed by atoms with van der Waals surface area (Å²) in [6.07, 6.45) is 2.65. The molecule has 5 heteroatoms. The highest BCUT2D eigenvalue weighted by molar-refractivity contribution is 7.99. The molecule has 0 amide bonds. The highest BCUT2D eigenvalue weighted by Gasteiger charge is 2.12. The Morgan fingerprint density at radius 2 is 2.62 bits per heavy atom. The van der Waals surface area contributed by atoms with Crippen LogP contribution < -0.4 is 5.32 Å². The minimum atomic E-state index is 0.681. The Morgan fingerprint density at radius 3 is 3.31 bits per heavy atom. The summed E-state index contributed by atoms with van der Waals surface area (Å²) in [5.41, 5.74) is 1.07. The van der Waals surface area contributed by atoms with Crippen LogP contribution in [0.3, 0.4) is 0 Å². The van der Waals surface area contributed by atoms with E-state index in [9.17, 15) is 0 Å². The first-order valence-electron chi connectivity index (χ1n) is 4.52. The predicted octanol–water partition coefficient (Wildman–Crippen LogP) is 1.52. The second-order valence-electron chi connectivity index (χ2n) is 3.19. The molecule has 0 saturated carbocycles. The standard InChI is InChI=1S/C8H13N3S2/c1-2-7(5-12-3-1)9-4-8-6-13-11-10-8/h6-7,9H,1-5H2. The van der Waals surface area contributed by atoms with Gasteiger partial charge < -0.3 is 5.32 Å². The van der Waals surface area contributed by atoms with Gasteiger partial charge in [0.15, 0.2) is 0 Å². The fraction of sp³-hybridized carbons (Fsp3) is 0.750. The van der Waals surface area contributed by atoms with Crippen LogP contribution in [0.1, 0.15) is 18.5 Å². The fourth-order valence-corrected chi connectivity index (χ4v) is 2.97. The van der Waals surface area contributed by atoms with Gasteiger partial charge in [0.05, 0.1) is 5.69 Å². The quantitative estimate of drug-likeness (QED) is 0.829. The third-order valence-electron chi connectivity index (χ3n) is 2.14. The topological polar surface area (TPSA) is 37.8 Å². The molecule has 0 spiro atoms. The Bertz CT molecular complexity index is 232. The number of thioether (sulfide) groups is 1. The second-order valence-corrected chi connectivity index (χ2v) is 4.95. The number of hydrogen-bond donors (Lipinski definition) is 1. The lowest BCUT2D eigenvalue weighted by Gasteiger charge is -2.21. The van der Waals surface area contributed by atoms with Crippen LogP contribution in [0.15, 0.2) is 5.38 Å². The Morgan fingerprint density at radius 1 is 1.62 bits per heavy atom. The van der Waals surface area contributed by atoms with Crippen LogP contribution in [0, 0.1) is 0 Å². The van der Waals surface area contributed by atoms with E-state index in [0.717, 1.165) is 12.2 Å². The summed E-state index contributed by atoms with van der Waals surface area (Å²) in [5, 5.41) is 9.51. The minimum Gasteiger partial charge on any atom is -0.307 e. The van der Waals surface area contributed by atoms with Crippen molar-refractivity contribution in [2.24, 2.45) is 0 Å². The molecule has 0 aliphatic carbocycles. The van der Waals surface area contributed by atoms with E-state index in [4.69, 9.17) is 0 Å². The maximum atomic E-state index is 4.00. The lowest BCUT2D eigenvalue weighted by Crippen LogP contribution is -2.33. The van der Waals surface area contributed by atoms with Crippen molar-refractivity contribution in [3.63, 3.8) is 0 Å². The van der Waals surface area contributed by atoms with Gasteiger partial charge in [-0.25, -0.2) is 0 Å². The van der Waals surface area contributed by atoms with Crippen molar-refractivity contribution in [3.05, 3.63) is 11.1 Å². The van der Waals surface area contributed by atoms with Gasteiger partial charge in [-0.2, -0.15) is 11.8 Å². The number of nitrogens with zero attached hydrogens (tertiary/aromatic N) is 2. The lowest BCUT2D eigenvalue weighted by atomic mass is 10.2. The number of hydrogen-bond acceptors (Lipinski definition) is 5. The summed E-state index contributed by atoms with van der Waals surface area (Å²) in [5.74, 6) is 2.58. The molecule has 2 heterocycles. The van der Waals surface area contributed by atoms with Crippen LogP contribution in [0.5, 0.6) is 0 Å². The summed E-state index contributed by atoms with van der Waals surface area (Å²) in [4.78, 5) is 0. The third-order valence-corrected chi connectivity index (χ3v) is 3.91. The van der Waals surface area contributed by atoms with Crippen molar-refractivity contribution < 1.29 is 0 Å². The molecule has 1 fully saturated rings. The number of nitrogens with one attached hydrogen (secondary N) is 1. The third kappa shape index (κ3) is 2.93. The molecule has 1 atom stereocenters. The van der Waals surface area contributed by atoms with Gasteiger partial charge in [-0.15, -0.1) is 5.10 Å². The van der Waals surface area contributed by atoms with Crippen molar-refractivity contribution in [1.29, 1.82) is 0 Å². The molecule has 72 valence electrons. The molecular formula is C8H13N3S2. The van der Waals surface area contributed by atoms with Crippen LogP contribution in [-0.4, -0.2) is 27.1 Å². The molecule has 3 nitrogen and oxygen atoms in total. The van der Waals surface area contributed by atoms with E-state index < -0.39 is 0 Å². The molecule has 1 saturated heterocycles. The van der Waals surface area contributed by atoms with E-state index in [1.165, 1.54) is 35.9 Å². The Balaban J connectivity index is 1.72. The van der Waals surface area contributed by atoms with E-state index in [0.29, 0.717) is 6.04 Å². The second kappa shape index (κ2) is 4.93. The molecule has 0 aromatic carbocycles. The molecular weight excluding hydrogens is 202 g/mol. The predicted molar refractivity (Wildman–Crippen MR) is 57.1 cm³/mol. The van der Waals surface area contributed by atoms with Gasteiger partial charge in [0, 0.05) is 23.7 Å². The van der Waals surface area contributed by atoms with Crippen molar-refractivity contribution >= 4 is 23.3 Å². The van der Waals surface area contributed by atoms with Gasteiger partial charge in [0.25, 0.3) is 0 Å². The molecule has 1 aromatic rings. The fourth-order valence-electron chi connectivity index (χ4n) is 1.41. The molecule has 2 rings (SSSR count). The van der Waals surface area contributed by atoms with Crippen molar-refractivity contribution in [1.82, 2.24) is 14.9 Å². The molecule has 13 heavy (non-hydrogen) atoms. The summed E-state index contributed by atoms with van der Waals surface area (Å²) in [6, 6.07) is 0.681. The maximum absolute atomic E-state index is 4.00. The van der Waals surface area contributed by atoms with E-state index in [-0.39, 0.29) is 0 Å². The maximum Gasteiger partial charge on any atom is 0.0893 e. The molecule has 1 N–H and O–H groups in total. The Hall–Kier alpha value is -0.130. The average molecular weight is 215 g/mol. The van der Waals surface area contributed by atoms with Crippen LogP contribution in [0.4, 0.5) is 0 Å². The van der Waals surface area contributed by atoms with Crippen molar-refractivity contribution in [2.45, 2.75) is 25.4 Å².